The second-order valence-corrected chi connectivity index (χ2v) is 5.08. The lowest BCUT2D eigenvalue weighted by Gasteiger charge is -2.03. The maximum Gasteiger partial charge on any atom is 0.118 e. The molecule has 0 bridgehead atoms. The van der Waals surface area contributed by atoms with Crippen LogP contribution in [-0.2, 0) is 18.8 Å². The molecule has 96 valence electrons. The molecule has 4 heteroatoms. The van der Waals surface area contributed by atoms with Crippen LogP contribution in [0, 0.1) is 6.92 Å². The lowest BCUT2D eigenvalue weighted by molar-refractivity contribution is 0.459. The smallest absolute Gasteiger partial charge is 0.118 e. The molecule has 0 aliphatic heterocycles. The summed E-state index contributed by atoms with van der Waals surface area (Å²) < 4.78 is 5.68. The lowest BCUT2D eigenvalue weighted by atomic mass is 10.2. The summed E-state index contributed by atoms with van der Waals surface area (Å²) >= 11 is 1.77. The van der Waals surface area contributed by atoms with Crippen LogP contribution in [0.2, 0.25) is 0 Å². The van der Waals surface area contributed by atoms with Gasteiger partial charge in [0.15, 0.2) is 0 Å². The number of nitrogens with zero attached hydrogens (tertiary/aromatic N) is 1. The molecule has 0 aliphatic rings. The number of aromatic nitrogens is 1. The Balaban J connectivity index is 1.79. The van der Waals surface area contributed by atoms with Crippen molar-refractivity contribution in [1.29, 1.82) is 0 Å². The summed E-state index contributed by atoms with van der Waals surface area (Å²) in [5.41, 5.74) is 2.24. The third kappa shape index (κ3) is 3.89. The third-order valence-corrected chi connectivity index (χ3v) is 3.18. The van der Waals surface area contributed by atoms with Crippen LogP contribution in [0.1, 0.15) is 22.8 Å². The third-order valence-electron chi connectivity index (χ3n) is 2.60. The minimum Gasteiger partial charge on any atom is -0.464 e. The first-order chi connectivity index (χ1) is 8.78. The van der Waals surface area contributed by atoms with E-state index in [1.165, 1.54) is 5.56 Å². The summed E-state index contributed by atoms with van der Waals surface area (Å²) in [6.07, 6.45) is 3.98. The molecule has 2 rings (SSSR count). The van der Waals surface area contributed by atoms with Crippen LogP contribution in [0.5, 0.6) is 0 Å². The molecule has 0 amide bonds. The number of aryl methyl sites for hydroxylation is 1. The fraction of sp³-hybridized carbons (Fsp3) is 0.357. The largest absolute Gasteiger partial charge is 0.464 e. The maximum absolute atomic E-state index is 5.68. The Morgan fingerprint density at radius 3 is 2.72 bits per heavy atom. The van der Waals surface area contributed by atoms with Crippen LogP contribution in [0.15, 0.2) is 34.9 Å². The minimum atomic E-state index is 0.752. The van der Waals surface area contributed by atoms with Gasteiger partial charge < -0.3 is 9.73 Å². The van der Waals surface area contributed by atoms with Gasteiger partial charge in [0.2, 0.25) is 0 Å². The number of furan rings is 1. The molecule has 0 saturated heterocycles. The van der Waals surface area contributed by atoms with Crippen molar-refractivity contribution in [2.45, 2.75) is 25.8 Å². The first-order valence-corrected chi connectivity index (χ1v) is 7.36. The highest BCUT2D eigenvalue weighted by molar-refractivity contribution is 7.97. The number of hydrogen-bond donors (Lipinski definition) is 1. The van der Waals surface area contributed by atoms with Crippen LogP contribution in [0.4, 0.5) is 0 Å². The quantitative estimate of drug-likeness (QED) is 0.868. The number of pyridine rings is 1. The van der Waals surface area contributed by atoms with Gasteiger partial charge in [-0.25, -0.2) is 0 Å². The van der Waals surface area contributed by atoms with Gasteiger partial charge in [-0.05, 0) is 36.9 Å². The van der Waals surface area contributed by atoms with E-state index in [0.29, 0.717) is 0 Å². The molecule has 2 aromatic heterocycles. The molecule has 0 aliphatic carbocycles. The zero-order valence-corrected chi connectivity index (χ0v) is 11.6. The standard InChI is InChI=1S/C14H18N2OS/c1-11-3-4-12(8-16-11)7-15-9-13-5-6-14(17-13)10-18-2/h3-6,8,15H,7,9-10H2,1-2H3. The molecule has 0 spiro atoms. The Kier molecular flexibility index (Phi) is 4.84. The summed E-state index contributed by atoms with van der Waals surface area (Å²) in [5, 5.41) is 3.35. The van der Waals surface area contributed by atoms with Gasteiger partial charge in [-0.3, -0.25) is 4.98 Å². The fourth-order valence-electron chi connectivity index (χ4n) is 1.67. The Hall–Kier alpha value is -1.26. The van der Waals surface area contributed by atoms with Crippen molar-refractivity contribution in [1.82, 2.24) is 10.3 Å². The Morgan fingerprint density at radius 2 is 2.00 bits per heavy atom. The number of thioether (sulfide) groups is 1. The summed E-state index contributed by atoms with van der Waals surface area (Å²) in [6.45, 7) is 3.56. The molecule has 0 unspecified atom stereocenters. The molecule has 0 aromatic carbocycles. The lowest BCUT2D eigenvalue weighted by Crippen LogP contribution is -2.12. The van der Waals surface area contributed by atoms with E-state index in [0.717, 1.165) is 36.1 Å². The van der Waals surface area contributed by atoms with Gasteiger partial charge in [-0.15, -0.1) is 0 Å². The molecule has 2 aromatic rings. The van der Waals surface area contributed by atoms with E-state index >= 15 is 0 Å². The molecule has 0 fully saturated rings. The van der Waals surface area contributed by atoms with Gasteiger partial charge >= 0.3 is 0 Å². The SMILES string of the molecule is CSCc1ccc(CNCc2ccc(C)nc2)o1. The topological polar surface area (TPSA) is 38.1 Å². The van der Waals surface area contributed by atoms with Crippen LogP contribution in [0.3, 0.4) is 0 Å². The van der Waals surface area contributed by atoms with E-state index in [1.54, 1.807) is 11.8 Å². The van der Waals surface area contributed by atoms with Crippen LogP contribution >= 0.6 is 11.8 Å². The van der Waals surface area contributed by atoms with Crippen molar-refractivity contribution >= 4 is 11.8 Å². The monoisotopic (exact) mass is 262 g/mol. The summed E-state index contributed by atoms with van der Waals surface area (Å²) in [6, 6.07) is 8.20. The summed E-state index contributed by atoms with van der Waals surface area (Å²) in [5.74, 6) is 2.96. The predicted octanol–water partition coefficient (Wildman–Crippen LogP) is 3.14. The van der Waals surface area contributed by atoms with Gasteiger partial charge in [0.1, 0.15) is 11.5 Å². The van der Waals surface area contributed by atoms with Crippen molar-refractivity contribution < 1.29 is 4.42 Å². The van der Waals surface area contributed by atoms with Crippen LogP contribution < -0.4 is 5.32 Å². The van der Waals surface area contributed by atoms with Crippen LogP contribution in [0.25, 0.3) is 0 Å². The van der Waals surface area contributed by atoms with Gasteiger partial charge in [-0.2, -0.15) is 11.8 Å². The van der Waals surface area contributed by atoms with E-state index in [4.69, 9.17) is 4.42 Å². The molecular weight excluding hydrogens is 244 g/mol. The highest BCUT2D eigenvalue weighted by atomic mass is 32.2. The minimum absolute atomic E-state index is 0.752. The van der Waals surface area contributed by atoms with E-state index in [1.807, 2.05) is 31.3 Å². The molecule has 3 nitrogen and oxygen atoms in total. The molecule has 18 heavy (non-hydrogen) atoms. The van der Waals surface area contributed by atoms with E-state index in [-0.39, 0.29) is 0 Å². The van der Waals surface area contributed by atoms with Gasteiger partial charge in [0.25, 0.3) is 0 Å². The van der Waals surface area contributed by atoms with E-state index < -0.39 is 0 Å². The zero-order chi connectivity index (χ0) is 12.8. The first kappa shape index (κ1) is 13.2. The Bertz CT molecular complexity index is 479. The van der Waals surface area contributed by atoms with Crippen LogP contribution in [-0.4, -0.2) is 11.2 Å². The first-order valence-electron chi connectivity index (χ1n) is 5.96. The van der Waals surface area contributed by atoms with Crippen molar-refractivity contribution in [3.05, 3.63) is 53.2 Å². The maximum atomic E-state index is 5.68. The van der Waals surface area contributed by atoms with Gasteiger partial charge in [-0.1, -0.05) is 6.07 Å². The fourth-order valence-corrected chi connectivity index (χ4v) is 2.11. The van der Waals surface area contributed by atoms with Crippen molar-refractivity contribution in [2.75, 3.05) is 6.26 Å². The van der Waals surface area contributed by atoms with Gasteiger partial charge in [0.05, 0.1) is 12.3 Å². The van der Waals surface area contributed by atoms with Crippen molar-refractivity contribution in [3.8, 4) is 0 Å². The highest BCUT2D eigenvalue weighted by Crippen LogP contribution is 2.13. The zero-order valence-electron chi connectivity index (χ0n) is 10.8. The number of nitrogens with one attached hydrogen (secondary N) is 1. The highest BCUT2D eigenvalue weighted by Gasteiger charge is 2.01. The Labute approximate surface area is 112 Å². The Morgan fingerprint density at radius 1 is 1.17 bits per heavy atom. The summed E-state index contributed by atoms with van der Waals surface area (Å²) in [4.78, 5) is 4.27. The van der Waals surface area contributed by atoms with E-state index in [9.17, 15) is 0 Å². The predicted molar refractivity (Wildman–Crippen MR) is 75.4 cm³/mol. The summed E-state index contributed by atoms with van der Waals surface area (Å²) in [7, 11) is 0. The molecule has 0 saturated carbocycles. The normalized spacial score (nSPS) is 10.8. The second kappa shape index (κ2) is 6.61. The van der Waals surface area contributed by atoms with E-state index in [2.05, 4.69) is 22.6 Å². The molecule has 0 atom stereocenters. The van der Waals surface area contributed by atoms with Gasteiger partial charge in [0, 0.05) is 18.4 Å². The number of hydrogen-bond acceptors (Lipinski definition) is 4. The van der Waals surface area contributed by atoms with Crippen molar-refractivity contribution in [3.63, 3.8) is 0 Å². The average Bonchev–Trinajstić information content (AvgIpc) is 2.80. The molecule has 2 heterocycles. The van der Waals surface area contributed by atoms with Crippen molar-refractivity contribution in [2.24, 2.45) is 0 Å². The average molecular weight is 262 g/mol. The second-order valence-electron chi connectivity index (χ2n) is 4.21. The molecule has 0 radical (unpaired) electrons. The molecule has 1 N–H and O–H groups in total. The number of rotatable bonds is 6. The molecular formula is C14H18N2OS.